The Morgan fingerprint density at radius 2 is 2.12 bits per heavy atom. The molecule has 0 amide bonds. The summed E-state index contributed by atoms with van der Waals surface area (Å²) in [6.45, 7) is 0. The van der Waals surface area contributed by atoms with Gasteiger partial charge in [0.05, 0.1) is 12.2 Å². The van der Waals surface area contributed by atoms with Crippen LogP contribution in [0.2, 0.25) is 0 Å². The van der Waals surface area contributed by atoms with E-state index in [-0.39, 0.29) is 18.3 Å². The number of carboxylic acids is 1. The van der Waals surface area contributed by atoms with Crippen molar-refractivity contribution in [1.82, 2.24) is 0 Å². The van der Waals surface area contributed by atoms with Gasteiger partial charge in [0.1, 0.15) is 0 Å². The summed E-state index contributed by atoms with van der Waals surface area (Å²) in [7, 11) is 0. The molecular weight excluding hydrogens is 348 g/mol. The van der Waals surface area contributed by atoms with Crippen LogP contribution in [0, 0.1) is 11.8 Å². The second kappa shape index (κ2) is 9.28. The van der Waals surface area contributed by atoms with E-state index in [0.29, 0.717) is 30.8 Å². The number of allylic oxidation sites excluding steroid dienone is 3. The van der Waals surface area contributed by atoms with E-state index in [2.05, 4.69) is 18.2 Å². The topological polar surface area (TPSA) is 63.6 Å². The summed E-state index contributed by atoms with van der Waals surface area (Å²) in [6.07, 6.45) is 13.9. The van der Waals surface area contributed by atoms with E-state index in [1.165, 1.54) is 0 Å². The van der Waals surface area contributed by atoms with Crippen molar-refractivity contribution in [2.24, 2.45) is 11.8 Å². The molecule has 0 aromatic carbocycles. The summed E-state index contributed by atoms with van der Waals surface area (Å²) >= 11 is 1.61. The van der Waals surface area contributed by atoms with Crippen LogP contribution in [-0.2, 0) is 20.7 Å². The van der Waals surface area contributed by atoms with E-state index in [1.807, 2.05) is 16.8 Å². The summed E-state index contributed by atoms with van der Waals surface area (Å²) in [5.41, 5.74) is 1.08. The highest BCUT2D eigenvalue weighted by molar-refractivity contribution is 7.08. The highest BCUT2D eigenvalue weighted by Gasteiger charge is 2.46. The second-order valence-electron chi connectivity index (χ2n) is 7.16. The maximum atomic E-state index is 12.2. The molecule has 1 aromatic rings. The van der Waals surface area contributed by atoms with Crippen LogP contribution in [0.3, 0.4) is 0 Å². The minimum absolute atomic E-state index is 0.147. The molecule has 4 atom stereocenters. The first-order valence-corrected chi connectivity index (χ1v) is 10.3. The van der Waals surface area contributed by atoms with Gasteiger partial charge in [0, 0.05) is 18.8 Å². The molecule has 0 saturated carbocycles. The fraction of sp³-hybridized carbons (Fsp3) is 0.524. The van der Waals surface area contributed by atoms with Gasteiger partial charge in [0.15, 0.2) is 5.78 Å². The molecule has 1 aromatic heterocycles. The van der Waals surface area contributed by atoms with Crippen LogP contribution in [-0.4, -0.2) is 29.1 Å². The molecular formula is C21H26O4S. The van der Waals surface area contributed by atoms with Gasteiger partial charge in [0.2, 0.25) is 0 Å². The number of rotatable bonds is 10. The normalized spacial score (nSPS) is 27.7. The van der Waals surface area contributed by atoms with Crippen LogP contribution in [0.4, 0.5) is 0 Å². The molecule has 140 valence electrons. The molecule has 3 rings (SSSR count). The SMILES string of the molecule is O=C(O)CCC/C=C\C[C@H]1[C@H](/C=C/C(=O)Cc2ccsc2)[C@@H]2CC[C@H]1O2. The van der Waals surface area contributed by atoms with Gasteiger partial charge in [-0.15, -0.1) is 0 Å². The monoisotopic (exact) mass is 374 g/mol. The van der Waals surface area contributed by atoms with Crippen LogP contribution < -0.4 is 0 Å². The lowest BCUT2D eigenvalue weighted by molar-refractivity contribution is -0.137. The van der Waals surface area contributed by atoms with Crippen LogP contribution in [0.1, 0.15) is 44.1 Å². The fourth-order valence-electron chi connectivity index (χ4n) is 4.00. The summed E-state index contributed by atoms with van der Waals surface area (Å²) in [4.78, 5) is 22.7. The number of aliphatic carboxylic acids is 1. The Hall–Kier alpha value is -1.72. The van der Waals surface area contributed by atoms with Crippen molar-refractivity contribution in [2.75, 3.05) is 0 Å². The lowest BCUT2D eigenvalue weighted by Crippen LogP contribution is -2.25. The molecule has 2 aliphatic rings. The third-order valence-corrected chi connectivity index (χ3v) is 6.02. The standard InChI is InChI=1S/C21H26O4S/c22-16(13-15-11-12-26-14-15)7-8-18-17(19-9-10-20(18)25-19)5-3-1-2-4-6-21(23)24/h1,3,7-8,11-12,14,17-20H,2,4-6,9-10,13H2,(H,23,24)/b3-1-,8-7+/t17-,18-,19+,20-/m0/s1. The molecule has 0 unspecified atom stereocenters. The van der Waals surface area contributed by atoms with Crippen molar-refractivity contribution in [2.45, 2.75) is 57.2 Å². The zero-order chi connectivity index (χ0) is 18.4. The zero-order valence-electron chi connectivity index (χ0n) is 14.9. The van der Waals surface area contributed by atoms with Crippen molar-refractivity contribution in [3.8, 4) is 0 Å². The Kier molecular flexibility index (Phi) is 6.80. The van der Waals surface area contributed by atoms with E-state index < -0.39 is 5.97 Å². The largest absolute Gasteiger partial charge is 0.481 e. The molecule has 0 spiro atoms. The number of unbranched alkanes of at least 4 members (excludes halogenated alkanes) is 1. The van der Waals surface area contributed by atoms with Gasteiger partial charge < -0.3 is 9.84 Å². The average molecular weight is 375 g/mol. The first-order valence-electron chi connectivity index (χ1n) is 9.38. The van der Waals surface area contributed by atoms with Gasteiger partial charge in [0.25, 0.3) is 0 Å². The third kappa shape index (κ3) is 5.15. The molecule has 0 aliphatic carbocycles. The van der Waals surface area contributed by atoms with Gasteiger partial charge >= 0.3 is 5.97 Å². The number of ketones is 1. The molecule has 3 heterocycles. The molecule has 2 saturated heterocycles. The van der Waals surface area contributed by atoms with E-state index in [9.17, 15) is 9.59 Å². The highest BCUT2D eigenvalue weighted by Crippen LogP contribution is 2.45. The van der Waals surface area contributed by atoms with Crippen LogP contribution in [0.25, 0.3) is 0 Å². The maximum absolute atomic E-state index is 12.2. The van der Waals surface area contributed by atoms with Crippen molar-refractivity contribution in [3.05, 3.63) is 46.7 Å². The molecule has 2 fully saturated rings. The van der Waals surface area contributed by atoms with Gasteiger partial charge in [-0.2, -0.15) is 11.3 Å². The molecule has 5 heteroatoms. The number of ether oxygens (including phenoxy) is 1. The van der Waals surface area contributed by atoms with Crippen LogP contribution in [0.15, 0.2) is 41.1 Å². The number of carbonyl (C=O) groups is 2. The van der Waals surface area contributed by atoms with Crippen molar-refractivity contribution in [1.29, 1.82) is 0 Å². The van der Waals surface area contributed by atoms with Crippen LogP contribution in [0.5, 0.6) is 0 Å². The summed E-state index contributed by atoms with van der Waals surface area (Å²) in [6, 6.07) is 2.00. The van der Waals surface area contributed by atoms with Crippen LogP contribution >= 0.6 is 11.3 Å². The lowest BCUT2D eigenvalue weighted by Gasteiger charge is -2.24. The van der Waals surface area contributed by atoms with Gasteiger partial charge in [-0.3, -0.25) is 9.59 Å². The lowest BCUT2D eigenvalue weighted by atomic mass is 9.77. The Morgan fingerprint density at radius 3 is 2.88 bits per heavy atom. The quantitative estimate of drug-likeness (QED) is 0.374. The highest BCUT2D eigenvalue weighted by atomic mass is 32.1. The summed E-state index contributed by atoms with van der Waals surface area (Å²) in [5.74, 6) is 0.143. The zero-order valence-corrected chi connectivity index (χ0v) is 15.7. The van der Waals surface area contributed by atoms with Gasteiger partial charge in [-0.05, 0) is 66.5 Å². The number of hydrogen-bond donors (Lipinski definition) is 1. The van der Waals surface area contributed by atoms with Gasteiger partial charge in [-0.25, -0.2) is 0 Å². The minimum atomic E-state index is -0.739. The summed E-state index contributed by atoms with van der Waals surface area (Å²) in [5, 5.41) is 12.7. The van der Waals surface area contributed by atoms with E-state index in [1.54, 1.807) is 17.4 Å². The Labute approximate surface area is 158 Å². The van der Waals surface area contributed by atoms with Crippen molar-refractivity contribution in [3.63, 3.8) is 0 Å². The van der Waals surface area contributed by atoms with E-state index >= 15 is 0 Å². The van der Waals surface area contributed by atoms with E-state index in [4.69, 9.17) is 9.84 Å². The first-order chi connectivity index (χ1) is 12.6. The summed E-state index contributed by atoms with van der Waals surface area (Å²) < 4.78 is 6.07. The first kappa shape index (κ1) is 19.1. The molecule has 1 N–H and O–H groups in total. The second-order valence-corrected chi connectivity index (χ2v) is 7.94. The predicted molar refractivity (Wildman–Crippen MR) is 102 cm³/mol. The molecule has 4 nitrogen and oxygen atoms in total. The Bertz CT molecular complexity index is 662. The Morgan fingerprint density at radius 1 is 1.27 bits per heavy atom. The molecule has 26 heavy (non-hydrogen) atoms. The smallest absolute Gasteiger partial charge is 0.303 e. The molecule has 0 radical (unpaired) electrons. The molecule has 2 aliphatic heterocycles. The predicted octanol–water partition coefficient (Wildman–Crippen LogP) is 4.41. The number of thiophene rings is 1. The van der Waals surface area contributed by atoms with Gasteiger partial charge in [-0.1, -0.05) is 18.2 Å². The van der Waals surface area contributed by atoms with Crippen molar-refractivity contribution >= 4 is 23.1 Å². The number of carbonyl (C=O) groups excluding carboxylic acids is 1. The Balaban J connectivity index is 1.50. The average Bonchev–Trinajstić information content (AvgIpc) is 3.33. The molecule has 2 bridgehead atoms. The minimum Gasteiger partial charge on any atom is -0.481 e. The fourth-order valence-corrected chi connectivity index (χ4v) is 4.67. The van der Waals surface area contributed by atoms with E-state index in [0.717, 1.165) is 31.2 Å². The third-order valence-electron chi connectivity index (χ3n) is 5.29. The maximum Gasteiger partial charge on any atom is 0.303 e. The number of hydrogen-bond acceptors (Lipinski definition) is 4. The van der Waals surface area contributed by atoms with Crippen molar-refractivity contribution < 1.29 is 19.4 Å². The number of carboxylic acid groups (broad SMARTS) is 1. The number of fused-ring (bicyclic) bond motifs is 2.